The third-order valence-corrected chi connectivity index (χ3v) is 4.90. The highest BCUT2D eigenvalue weighted by Crippen LogP contribution is 2.31. The average molecular weight is 328 g/mol. The summed E-state index contributed by atoms with van der Waals surface area (Å²) in [7, 11) is 3.43. The number of ether oxygens (including phenoxy) is 1. The summed E-state index contributed by atoms with van der Waals surface area (Å²) < 4.78 is 4.93. The van der Waals surface area contributed by atoms with Crippen LogP contribution in [0.25, 0.3) is 0 Å². The molecule has 0 spiro atoms. The molecule has 7 heteroatoms. The molecule has 0 unspecified atom stereocenters. The second-order valence-corrected chi connectivity index (χ2v) is 6.73. The van der Waals surface area contributed by atoms with Gasteiger partial charge in [-0.05, 0) is 24.1 Å². The molecule has 0 atom stereocenters. The summed E-state index contributed by atoms with van der Waals surface area (Å²) in [5.41, 5.74) is 6.17. The highest BCUT2D eigenvalue weighted by atomic mass is 33.1. The topological polar surface area (TPSA) is 81.4 Å². The Bertz CT molecular complexity index is 452. The lowest BCUT2D eigenvalue weighted by Gasteiger charge is -2.05. The molecule has 116 valence electrons. The molecule has 0 aliphatic heterocycles. The van der Waals surface area contributed by atoms with E-state index >= 15 is 0 Å². The van der Waals surface area contributed by atoms with E-state index in [1.165, 1.54) is 6.92 Å². The van der Waals surface area contributed by atoms with Gasteiger partial charge in [-0.3, -0.25) is 9.59 Å². The van der Waals surface area contributed by atoms with Gasteiger partial charge in [-0.15, -0.1) is 0 Å². The minimum Gasteiger partial charge on any atom is -0.461 e. The van der Waals surface area contributed by atoms with Gasteiger partial charge in [-0.2, -0.15) is 0 Å². The van der Waals surface area contributed by atoms with Gasteiger partial charge in [0.25, 0.3) is 0 Å². The zero-order valence-corrected chi connectivity index (χ0v) is 13.6. The third kappa shape index (κ3) is 8.64. The predicted octanol–water partition coefficient (Wildman–Crippen LogP) is 1.95. The molecule has 0 fully saturated rings. The van der Waals surface area contributed by atoms with E-state index in [4.69, 9.17) is 10.5 Å². The van der Waals surface area contributed by atoms with Gasteiger partial charge in [-0.25, -0.2) is 0 Å². The monoisotopic (exact) mass is 328 g/mol. The van der Waals surface area contributed by atoms with Crippen molar-refractivity contribution in [1.82, 2.24) is 5.32 Å². The first kappa shape index (κ1) is 17.9. The highest BCUT2D eigenvalue weighted by molar-refractivity contribution is 8.76. The Kier molecular flexibility index (Phi) is 8.96. The van der Waals surface area contributed by atoms with Crippen LogP contribution in [0.5, 0.6) is 0 Å². The van der Waals surface area contributed by atoms with Crippen LogP contribution in [0.1, 0.15) is 18.9 Å². The largest absolute Gasteiger partial charge is 0.461 e. The van der Waals surface area contributed by atoms with E-state index < -0.39 is 0 Å². The van der Waals surface area contributed by atoms with Crippen LogP contribution in [0.3, 0.4) is 0 Å². The smallest absolute Gasteiger partial charge is 0.302 e. The van der Waals surface area contributed by atoms with Gasteiger partial charge in [0.05, 0.1) is 6.54 Å². The van der Waals surface area contributed by atoms with Crippen LogP contribution in [-0.4, -0.2) is 30.7 Å². The average Bonchev–Trinajstić information content (AvgIpc) is 2.49. The molecule has 0 aliphatic rings. The molecule has 3 N–H and O–H groups in total. The molecule has 0 aliphatic carbocycles. The summed E-state index contributed by atoms with van der Waals surface area (Å²) in [5.74, 6) is 0.562. The number of nitrogens with two attached hydrogens (primary N) is 1. The Morgan fingerprint density at radius 2 is 2.00 bits per heavy atom. The fourth-order valence-corrected chi connectivity index (χ4v) is 3.44. The van der Waals surface area contributed by atoms with Gasteiger partial charge in [0.1, 0.15) is 6.61 Å². The number of rotatable bonds is 9. The first-order valence-corrected chi connectivity index (χ1v) is 8.92. The number of esters is 1. The van der Waals surface area contributed by atoms with E-state index in [9.17, 15) is 9.59 Å². The summed E-state index contributed by atoms with van der Waals surface area (Å²) >= 11 is 0. The second-order valence-electron chi connectivity index (χ2n) is 4.24. The molecule has 0 aromatic heterocycles. The molecule has 21 heavy (non-hydrogen) atoms. The Balaban J connectivity index is 2.15. The van der Waals surface area contributed by atoms with Crippen molar-refractivity contribution in [3.63, 3.8) is 0 Å². The lowest BCUT2D eigenvalue weighted by molar-refractivity contribution is -0.142. The third-order valence-electron chi connectivity index (χ3n) is 2.43. The van der Waals surface area contributed by atoms with Crippen molar-refractivity contribution in [2.24, 2.45) is 5.73 Å². The van der Waals surface area contributed by atoms with Gasteiger partial charge in [0.15, 0.2) is 0 Å². The van der Waals surface area contributed by atoms with Crippen LogP contribution in [0, 0.1) is 0 Å². The summed E-state index contributed by atoms with van der Waals surface area (Å²) in [6.07, 6.45) is 0.911. The number of carbonyl (C=O) groups excluding carboxylic acids is 2. The Labute approximate surface area is 132 Å². The normalized spacial score (nSPS) is 10.2. The van der Waals surface area contributed by atoms with Crippen molar-refractivity contribution in [3.05, 3.63) is 29.8 Å². The van der Waals surface area contributed by atoms with E-state index in [0.29, 0.717) is 13.2 Å². The van der Waals surface area contributed by atoms with Crippen molar-refractivity contribution in [3.8, 4) is 0 Å². The van der Waals surface area contributed by atoms with Crippen molar-refractivity contribution in [1.29, 1.82) is 0 Å². The maximum absolute atomic E-state index is 10.9. The predicted molar refractivity (Wildman–Crippen MR) is 86.9 cm³/mol. The van der Waals surface area contributed by atoms with Gasteiger partial charge in [-0.1, -0.05) is 33.7 Å². The summed E-state index contributed by atoms with van der Waals surface area (Å²) in [4.78, 5) is 22.8. The minimum atomic E-state index is -0.272. The Morgan fingerprint density at radius 1 is 1.29 bits per heavy atom. The molecule has 1 rings (SSSR count). The molecule has 0 bridgehead atoms. The lowest BCUT2D eigenvalue weighted by Crippen LogP contribution is -2.31. The van der Waals surface area contributed by atoms with Gasteiger partial charge < -0.3 is 15.8 Å². The highest BCUT2D eigenvalue weighted by Gasteiger charge is 1.99. The maximum Gasteiger partial charge on any atom is 0.302 e. The van der Waals surface area contributed by atoms with Crippen LogP contribution in [0.15, 0.2) is 29.2 Å². The van der Waals surface area contributed by atoms with Gasteiger partial charge >= 0.3 is 5.97 Å². The van der Waals surface area contributed by atoms with Crippen LogP contribution < -0.4 is 11.1 Å². The summed E-state index contributed by atoms with van der Waals surface area (Å²) in [5, 5.41) is 2.73. The molecule has 0 saturated heterocycles. The molecule has 1 aromatic carbocycles. The van der Waals surface area contributed by atoms with E-state index in [1.54, 1.807) is 21.6 Å². The molecular formula is C14H20N2O3S2. The van der Waals surface area contributed by atoms with Crippen LogP contribution in [0.2, 0.25) is 0 Å². The number of amides is 1. The molecular weight excluding hydrogens is 308 g/mol. The van der Waals surface area contributed by atoms with Crippen molar-refractivity contribution in [2.75, 3.05) is 18.8 Å². The van der Waals surface area contributed by atoms with Crippen LogP contribution in [-0.2, 0) is 20.9 Å². The number of benzene rings is 1. The summed E-state index contributed by atoms with van der Waals surface area (Å²) in [6.45, 7) is 2.41. The number of carbonyl (C=O) groups is 2. The fraction of sp³-hybridized carbons (Fsp3) is 0.429. The van der Waals surface area contributed by atoms with Gasteiger partial charge in [0.2, 0.25) is 5.91 Å². The Hall–Kier alpha value is -1.18. The SMILES string of the molecule is CC(=O)OCc1ccc(SSCCCNC(=O)CN)cc1. The fourth-order valence-electron chi connectivity index (χ4n) is 1.37. The van der Waals surface area contributed by atoms with Crippen LogP contribution >= 0.6 is 21.6 Å². The van der Waals surface area contributed by atoms with Crippen molar-refractivity contribution >= 4 is 33.5 Å². The van der Waals surface area contributed by atoms with Gasteiger partial charge in [0, 0.05) is 24.1 Å². The molecule has 1 aromatic rings. The molecule has 0 saturated carbocycles. The first-order valence-electron chi connectivity index (χ1n) is 6.60. The Morgan fingerprint density at radius 3 is 2.62 bits per heavy atom. The molecule has 0 radical (unpaired) electrons. The number of hydrogen-bond donors (Lipinski definition) is 2. The zero-order chi connectivity index (χ0) is 15.5. The number of nitrogens with one attached hydrogen (secondary N) is 1. The zero-order valence-electron chi connectivity index (χ0n) is 12.0. The van der Waals surface area contributed by atoms with E-state index in [1.807, 2.05) is 24.3 Å². The van der Waals surface area contributed by atoms with E-state index in [0.717, 1.165) is 22.6 Å². The maximum atomic E-state index is 10.9. The first-order chi connectivity index (χ1) is 10.1. The minimum absolute atomic E-state index is 0.0432. The molecule has 1 amide bonds. The molecule has 0 heterocycles. The quantitative estimate of drug-likeness (QED) is 0.410. The summed E-state index contributed by atoms with van der Waals surface area (Å²) in [6, 6.07) is 7.92. The van der Waals surface area contributed by atoms with E-state index in [2.05, 4.69) is 5.32 Å². The van der Waals surface area contributed by atoms with E-state index in [-0.39, 0.29) is 18.4 Å². The number of hydrogen-bond acceptors (Lipinski definition) is 6. The lowest BCUT2D eigenvalue weighted by atomic mass is 10.2. The van der Waals surface area contributed by atoms with Crippen LogP contribution in [0.4, 0.5) is 0 Å². The van der Waals surface area contributed by atoms with Crippen molar-refractivity contribution < 1.29 is 14.3 Å². The van der Waals surface area contributed by atoms with Crippen molar-refractivity contribution in [2.45, 2.75) is 24.8 Å². The second kappa shape index (κ2) is 10.5. The standard InChI is InChI=1S/C14H20N2O3S2/c1-11(17)19-10-12-3-5-13(6-4-12)21-20-8-2-7-16-14(18)9-15/h3-6H,2,7-10,15H2,1H3,(H,16,18). The molecule has 5 nitrogen and oxygen atoms in total.